The van der Waals surface area contributed by atoms with E-state index in [0.717, 1.165) is 12.0 Å². The molecule has 8 heteroatoms. The van der Waals surface area contributed by atoms with Crippen molar-refractivity contribution in [3.8, 4) is 0 Å². The van der Waals surface area contributed by atoms with Gasteiger partial charge in [-0.25, -0.2) is 8.42 Å². The molecule has 2 aromatic rings. The molecule has 0 bridgehead atoms. The standard InChI is InChI=1S/C18H23N3O4S/c1-15-14-17(19-25-15)18(22)20-9-11-21(12-10-20)26(23,24)13-5-8-16-6-3-2-4-7-16/h2-4,6-7,14H,5,8-13H2,1H3. The van der Waals surface area contributed by atoms with E-state index in [-0.39, 0.29) is 17.4 Å². The van der Waals surface area contributed by atoms with Crippen molar-refractivity contribution < 1.29 is 17.7 Å². The summed E-state index contributed by atoms with van der Waals surface area (Å²) in [4.78, 5) is 14.0. The van der Waals surface area contributed by atoms with E-state index in [0.29, 0.717) is 38.4 Å². The molecule has 140 valence electrons. The molecule has 0 saturated carbocycles. The van der Waals surface area contributed by atoms with E-state index in [1.165, 1.54) is 4.31 Å². The maximum absolute atomic E-state index is 12.5. The van der Waals surface area contributed by atoms with Crippen LogP contribution in [0.3, 0.4) is 0 Å². The van der Waals surface area contributed by atoms with Crippen molar-refractivity contribution in [1.82, 2.24) is 14.4 Å². The largest absolute Gasteiger partial charge is 0.361 e. The van der Waals surface area contributed by atoms with E-state index >= 15 is 0 Å². The monoisotopic (exact) mass is 377 g/mol. The smallest absolute Gasteiger partial charge is 0.276 e. The zero-order chi connectivity index (χ0) is 18.6. The van der Waals surface area contributed by atoms with Gasteiger partial charge in [-0.3, -0.25) is 4.79 Å². The third kappa shape index (κ3) is 4.50. The number of benzene rings is 1. The van der Waals surface area contributed by atoms with Gasteiger partial charge < -0.3 is 9.42 Å². The Balaban J connectivity index is 1.49. The molecule has 0 aliphatic carbocycles. The number of aryl methyl sites for hydroxylation is 2. The van der Waals surface area contributed by atoms with Gasteiger partial charge in [0.05, 0.1) is 5.75 Å². The summed E-state index contributed by atoms with van der Waals surface area (Å²) in [5.74, 6) is 0.481. The van der Waals surface area contributed by atoms with E-state index in [2.05, 4.69) is 5.16 Å². The van der Waals surface area contributed by atoms with Crippen LogP contribution in [0.5, 0.6) is 0 Å². The van der Waals surface area contributed by atoms with Crippen molar-refractivity contribution in [1.29, 1.82) is 0 Å². The summed E-state index contributed by atoms with van der Waals surface area (Å²) in [7, 11) is -3.30. The van der Waals surface area contributed by atoms with Gasteiger partial charge in [0.15, 0.2) is 5.69 Å². The number of nitrogens with zero attached hydrogens (tertiary/aromatic N) is 3. The lowest BCUT2D eigenvalue weighted by Gasteiger charge is -2.33. The summed E-state index contributed by atoms with van der Waals surface area (Å²) >= 11 is 0. The molecule has 0 atom stereocenters. The number of sulfonamides is 1. The summed E-state index contributed by atoms with van der Waals surface area (Å²) < 4.78 is 31.5. The Morgan fingerprint density at radius 2 is 1.85 bits per heavy atom. The SMILES string of the molecule is Cc1cc(C(=O)N2CCN(S(=O)(=O)CCCc3ccccc3)CC2)no1. The Morgan fingerprint density at radius 3 is 2.46 bits per heavy atom. The van der Waals surface area contributed by atoms with Gasteiger partial charge >= 0.3 is 0 Å². The van der Waals surface area contributed by atoms with Crippen LogP contribution in [-0.4, -0.2) is 60.6 Å². The highest BCUT2D eigenvalue weighted by atomic mass is 32.2. The fourth-order valence-electron chi connectivity index (χ4n) is 3.03. The highest BCUT2D eigenvalue weighted by molar-refractivity contribution is 7.89. The number of carbonyl (C=O) groups excluding carboxylic acids is 1. The van der Waals surface area contributed by atoms with Crippen molar-refractivity contribution in [3.05, 3.63) is 53.4 Å². The maximum Gasteiger partial charge on any atom is 0.276 e. The Morgan fingerprint density at radius 1 is 1.15 bits per heavy atom. The minimum Gasteiger partial charge on any atom is -0.361 e. The Labute approximate surface area is 153 Å². The summed E-state index contributed by atoms with van der Waals surface area (Å²) in [6.07, 6.45) is 1.33. The zero-order valence-electron chi connectivity index (χ0n) is 14.8. The number of hydrogen-bond acceptors (Lipinski definition) is 5. The predicted octanol–water partition coefficient (Wildman–Crippen LogP) is 1.70. The summed E-state index contributed by atoms with van der Waals surface area (Å²) in [6, 6.07) is 11.5. The van der Waals surface area contributed by atoms with Gasteiger partial charge in [0.25, 0.3) is 5.91 Å². The molecule has 2 heterocycles. The molecule has 7 nitrogen and oxygen atoms in total. The molecular formula is C18H23N3O4S. The third-order valence-corrected chi connectivity index (χ3v) is 6.43. The van der Waals surface area contributed by atoms with Crippen LogP contribution in [0.2, 0.25) is 0 Å². The van der Waals surface area contributed by atoms with Crippen LogP contribution < -0.4 is 0 Å². The highest BCUT2D eigenvalue weighted by Crippen LogP contribution is 2.13. The molecule has 1 amide bonds. The zero-order valence-corrected chi connectivity index (χ0v) is 15.6. The van der Waals surface area contributed by atoms with Crippen molar-refractivity contribution in [2.75, 3.05) is 31.9 Å². The highest BCUT2D eigenvalue weighted by Gasteiger charge is 2.29. The van der Waals surface area contributed by atoms with Crippen LogP contribution in [0, 0.1) is 6.92 Å². The first-order valence-corrected chi connectivity index (χ1v) is 10.3. The molecule has 0 N–H and O–H groups in total. The van der Waals surface area contributed by atoms with Gasteiger partial charge in [-0.05, 0) is 25.3 Å². The van der Waals surface area contributed by atoms with Crippen molar-refractivity contribution in [2.24, 2.45) is 0 Å². The maximum atomic E-state index is 12.5. The summed E-state index contributed by atoms with van der Waals surface area (Å²) in [5.41, 5.74) is 1.41. The van der Waals surface area contributed by atoms with Gasteiger partial charge in [0.2, 0.25) is 10.0 Å². The molecule has 0 unspecified atom stereocenters. The van der Waals surface area contributed by atoms with Gasteiger partial charge in [-0.1, -0.05) is 35.5 Å². The second-order valence-electron chi connectivity index (χ2n) is 6.42. The van der Waals surface area contributed by atoms with Gasteiger partial charge in [0, 0.05) is 32.2 Å². The van der Waals surface area contributed by atoms with Crippen LogP contribution in [-0.2, 0) is 16.4 Å². The molecule has 1 aromatic heterocycles. The lowest BCUT2D eigenvalue weighted by atomic mass is 10.1. The normalized spacial score (nSPS) is 16.0. The second-order valence-corrected chi connectivity index (χ2v) is 8.51. The first-order chi connectivity index (χ1) is 12.5. The number of amides is 1. The topological polar surface area (TPSA) is 83.7 Å². The van der Waals surface area contributed by atoms with Gasteiger partial charge in [-0.15, -0.1) is 0 Å². The minimum atomic E-state index is -3.30. The first-order valence-electron chi connectivity index (χ1n) is 8.70. The third-order valence-electron chi connectivity index (χ3n) is 4.48. The predicted molar refractivity (Wildman–Crippen MR) is 97.3 cm³/mol. The minimum absolute atomic E-state index is 0.123. The molecule has 0 spiro atoms. The summed E-state index contributed by atoms with van der Waals surface area (Å²) in [5, 5.41) is 3.73. The number of hydrogen-bond donors (Lipinski definition) is 0. The molecule has 26 heavy (non-hydrogen) atoms. The molecule has 0 radical (unpaired) electrons. The van der Waals surface area contributed by atoms with Crippen LogP contribution in [0.15, 0.2) is 40.9 Å². The first kappa shape index (κ1) is 18.6. The lowest BCUT2D eigenvalue weighted by molar-refractivity contribution is 0.0687. The fraction of sp³-hybridized carbons (Fsp3) is 0.444. The van der Waals surface area contributed by atoms with Crippen molar-refractivity contribution in [3.63, 3.8) is 0 Å². The average Bonchev–Trinajstić information content (AvgIpc) is 3.08. The van der Waals surface area contributed by atoms with Crippen LogP contribution in [0.1, 0.15) is 28.2 Å². The van der Waals surface area contributed by atoms with Crippen LogP contribution >= 0.6 is 0 Å². The fourth-order valence-corrected chi connectivity index (χ4v) is 4.52. The molecule has 1 saturated heterocycles. The number of rotatable bonds is 6. The molecule has 1 aliphatic rings. The average molecular weight is 377 g/mol. The molecular weight excluding hydrogens is 354 g/mol. The second kappa shape index (κ2) is 8.01. The lowest BCUT2D eigenvalue weighted by Crippen LogP contribution is -2.51. The quantitative estimate of drug-likeness (QED) is 0.765. The summed E-state index contributed by atoms with van der Waals surface area (Å²) in [6.45, 7) is 3.08. The molecule has 1 aromatic carbocycles. The van der Waals surface area contributed by atoms with E-state index in [1.807, 2.05) is 30.3 Å². The Kier molecular flexibility index (Phi) is 5.73. The van der Waals surface area contributed by atoms with Gasteiger partial charge in [-0.2, -0.15) is 4.31 Å². The number of aromatic nitrogens is 1. The van der Waals surface area contributed by atoms with E-state index in [9.17, 15) is 13.2 Å². The number of carbonyl (C=O) groups is 1. The number of piperazine rings is 1. The van der Waals surface area contributed by atoms with E-state index in [4.69, 9.17) is 4.52 Å². The Bertz CT molecular complexity index is 840. The van der Waals surface area contributed by atoms with E-state index in [1.54, 1.807) is 17.9 Å². The van der Waals surface area contributed by atoms with Crippen LogP contribution in [0.4, 0.5) is 0 Å². The van der Waals surface area contributed by atoms with E-state index < -0.39 is 10.0 Å². The van der Waals surface area contributed by atoms with Crippen molar-refractivity contribution >= 4 is 15.9 Å². The molecule has 1 fully saturated rings. The van der Waals surface area contributed by atoms with Crippen molar-refractivity contribution in [2.45, 2.75) is 19.8 Å². The van der Waals surface area contributed by atoms with Gasteiger partial charge in [0.1, 0.15) is 5.76 Å². The molecule has 1 aliphatic heterocycles. The molecule has 3 rings (SSSR count). The Hall–Kier alpha value is -2.19. The van der Waals surface area contributed by atoms with Crippen LogP contribution in [0.25, 0.3) is 0 Å².